The standard InChI is InChI=1S/C8H9NOS/c9-5-8(10)2-1-7-3-4-11-6-7/h3-6,9H,1-2H2. The van der Waals surface area contributed by atoms with Crippen molar-refractivity contribution in [3.63, 3.8) is 0 Å². The Hall–Kier alpha value is -0.960. The van der Waals surface area contributed by atoms with E-state index in [0.717, 1.165) is 12.6 Å². The maximum absolute atomic E-state index is 10.7. The molecule has 1 rings (SSSR count). The van der Waals surface area contributed by atoms with Gasteiger partial charge in [0.25, 0.3) is 0 Å². The molecule has 0 aliphatic rings. The van der Waals surface area contributed by atoms with Gasteiger partial charge in [-0.25, -0.2) is 0 Å². The molecule has 0 amide bonds. The van der Waals surface area contributed by atoms with Crippen LogP contribution in [-0.4, -0.2) is 12.0 Å². The molecule has 0 radical (unpaired) electrons. The van der Waals surface area contributed by atoms with Gasteiger partial charge in [-0.2, -0.15) is 11.3 Å². The molecule has 3 heteroatoms. The quantitative estimate of drug-likeness (QED) is 0.683. The molecule has 0 saturated heterocycles. The smallest absolute Gasteiger partial charge is 0.173 e. The summed E-state index contributed by atoms with van der Waals surface area (Å²) in [5, 5.41) is 10.7. The Labute approximate surface area is 69.4 Å². The predicted octanol–water partition coefficient (Wildman–Crippen LogP) is 1.90. The highest BCUT2D eigenvalue weighted by atomic mass is 32.1. The van der Waals surface area contributed by atoms with E-state index in [4.69, 9.17) is 5.41 Å². The lowest BCUT2D eigenvalue weighted by Gasteiger charge is -1.91. The second-order valence-corrected chi connectivity index (χ2v) is 3.02. The summed E-state index contributed by atoms with van der Waals surface area (Å²) in [4.78, 5) is 10.7. The Morgan fingerprint density at radius 1 is 1.73 bits per heavy atom. The maximum Gasteiger partial charge on any atom is 0.173 e. The van der Waals surface area contributed by atoms with Crippen LogP contribution in [0.3, 0.4) is 0 Å². The summed E-state index contributed by atoms with van der Waals surface area (Å²) < 4.78 is 0. The number of Topliss-reactive ketones (excluding diaryl/α,β-unsaturated/α-hetero) is 1. The second kappa shape index (κ2) is 4.03. The second-order valence-electron chi connectivity index (χ2n) is 2.24. The zero-order valence-electron chi connectivity index (χ0n) is 6.04. The van der Waals surface area contributed by atoms with Gasteiger partial charge in [0.2, 0.25) is 0 Å². The van der Waals surface area contributed by atoms with Crippen LogP contribution in [0.1, 0.15) is 12.0 Å². The van der Waals surface area contributed by atoms with Crippen LogP contribution in [0.25, 0.3) is 0 Å². The third-order valence-corrected chi connectivity index (χ3v) is 2.13. The van der Waals surface area contributed by atoms with Gasteiger partial charge < -0.3 is 5.41 Å². The minimum atomic E-state index is -0.101. The SMILES string of the molecule is N=CC(=O)CCc1ccsc1. The zero-order chi connectivity index (χ0) is 8.10. The normalized spacial score (nSPS) is 9.45. The Balaban J connectivity index is 2.34. The first-order valence-corrected chi connectivity index (χ1v) is 4.31. The first-order chi connectivity index (χ1) is 5.33. The van der Waals surface area contributed by atoms with Gasteiger partial charge in [-0.3, -0.25) is 4.79 Å². The fourth-order valence-corrected chi connectivity index (χ4v) is 1.48. The van der Waals surface area contributed by atoms with Gasteiger partial charge in [0.05, 0.1) is 6.21 Å². The number of hydrogen-bond acceptors (Lipinski definition) is 3. The van der Waals surface area contributed by atoms with Crippen molar-refractivity contribution >= 4 is 23.3 Å². The van der Waals surface area contributed by atoms with Gasteiger partial charge in [-0.15, -0.1) is 0 Å². The number of nitrogens with one attached hydrogen (secondary N) is 1. The number of thiophene rings is 1. The van der Waals surface area contributed by atoms with E-state index in [1.165, 1.54) is 5.56 Å². The fraction of sp³-hybridized carbons (Fsp3) is 0.250. The van der Waals surface area contributed by atoms with Gasteiger partial charge >= 0.3 is 0 Å². The molecule has 0 aromatic carbocycles. The van der Waals surface area contributed by atoms with E-state index >= 15 is 0 Å². The molecule has 0 unspecified atom stereocenters. The zero-order valence-corrected chi connectivity index (χ0v) is 6.86. The Morgan fingerprint density at radius 2 is 2.55 bits per heavy atom. The van der Waals surface area contributed by atoms with Gasteiger partial charge in [-0.1, -0.05) is 0 Å². The van der Waals surface area contributed by atoms with Gasteiger partial charge in [0.15, 0.2) is 5.78 Å². The summed E-state index contributed by atoms with van der Waals surface area (Å²) in [5.41, 5.74) is 1.19. The molecule has 0 aliphatic carbocycles. The molecule has 0 saturated carbocycles. The van der Waals surface area contributed by atoms with Gasteiger partial charge in [-0.05, 0) is 28.8 Å². The van der Waals surface area contributed by atoms with Crippen LogP contribution in [0.2, 0.25) is 0 Å². The largest absolute Gasteiger partial charge is 0.305 e. The van der Waals surface area contributed by atoms with Crippen molar-refractivity contribution in [2.75, 3.05) is 0 Å². The molecule has 0 aliphatic heterocycles. The Bertz CT molecular complexity index is 241. The van der Waals surface area contributed by atoms with Crippen molar-refractivity contribution in [1.82, 2.24) is 0 Å². The topological polar surface area (TPSA) is 40.9 Å². The van der Waals surface area contributed by atoms with Gasteiger partial charge in [0.1, 0.15) is 0 Å². The lowest BCUT2D eigenvalue weighted by molar-refractivity contribution is -0.112. The summed E-state index contributed by atoms with van der Waals surface area (Å²) in [6.45, 7) is 0. The Morgan fingerprint density at radius 3 is 3.09 bits per heavy atom. The predicted molar refractivity (Wildman–Crippen MR) is 46.4 cm³/mol. The maximum atomic E-state index is 10.7. The highest BCUT2D eigenvalue weighted by Gasteiger charge is 1.97. The summed E-state index contributed by atoms with van der Waals surface area (Å²) in [5.74, 6) is -0.101. The van der Waals surface area contributed by atoms with Crippen LogP contribution in [-0.2, 0) is 11.2 Å². The molecular formula is C8H9NOS. The molecule has 58 valence electrons. The molecule has 1 N–H and O–H groups in total. The van der Waals surface area contributed by atoms with E-state index in [9.17, 15) is 4.79 Å². The minimum absolute atomic E-state index is 0.101. The van der Waals surface area contributed by atoms with Crippen LogP contribution >= 0.6 is 11.3 Å². The molecule has 1 heterocycles. The molecule has 2 nitrogen and oxygen atoms in total. The number of aryl methyl sites for hydroxylation is 1. The molecule has 11 heavy (non-hydrogen) atoms. The fourth-order valence-electron chi connectivity index (χ4n) is 0.775. The minimum Gasteiger partial charge on any atom is -0.305 e. The Kier molecular flexibility index (Phi) is 2.98. The van der Waals surface area contributed by atoms with Crippen molar-refractivity contribution in [2.24, 2.45) is 0 Å². The molecule has 1 aromatic rings. The third-order valence-electron chi connectivity index (χ3n) is 1.40. The summed E-state index contributed by atoms with van der Waals surface area (Å²) >= 11 is 1.63. The van der Waals surface area contributed by atoms with E-state index < -0.39 is 0 Å². The summed E-state index contributed by atoms with van der Waals surface area (Å²) in [6.07, 6.45) is 2.10. The van der Waals surface area contributed by atoms with Crippen LogP contribution in [0.5, 0.6) is 0 Å². The number of carbonyl (C=O) groups excluding carboxylic acids is 1. The lowest BCUT2D eigenvalue weighted by atomic mass is 10.1. The molecule has 0 bridgehead atoms. The van der Waals surface area contributed by atoms with Crippen molar-refractivity contribution < 1.29 is 4.79 Å². The average Bonchev–Trinajstić information content (AvgIpc) is 2.52. The number of rotatable bonds is 4. The van der Waals surface area contributed by atoms with Crippen molar-refractivity contribution in [2.45, 2.75) is 12.8 Å². The highest BCUT2D eigenvalue weighted by Crippen LogP contribution is 2.07. The van der Waals surface area contributed by atoms with E-state index in [2.05, 4.69) is 0 Å². The lowest BCUT2D eigenvalue weighted by Crippen LogP contribution is -1.99. The highest BCUT2D eigenvalue weighted by molar-refractivity contribution is 7.07. The first kappa shape index (κ1) is 8.14. The van der Waals surface area contributed by atoms with Crippen molar-refractivity contribution in [1.29, 1.82) is 5.41 Å². The monoisotopic (exact) mass is 167 g/mol. The average molecular weight is 167 g/mol. The summed E-state index contributed by atoms with van der Waals surface area (Å²) in [6, 6.07) is 2.00. The van der Waals surface area contributed by atoms with E-state index in [-0.39, 0.29) is 5.78 Å². The van der Waals surface area contributed by atoms with E-state index in [1.807, 2.05) is 16.8 Å². The third kappa shape index (κ3) is 2.63. The molecule has 0 fully saturated rings. The molecule has 1 aromatic heterocycles. The van der Waals surface area contributed by atoms with Crippen molar-refractivity contribution in [3.05, 3.63) is 22.4 Å². The van der Waals surface area contributed by atoms with Crippen LogP contribution in [0.15, 0.2) is 16.8 Å². The molecular weight excluding hydrogens is 158 g/mol. The number of hydrogen-bond donors (Lipinski definition) is 1. The van der Waals surface area contributed by atoms with E-state index in [0.29, 0.717) is 6.42 Å². The molecule has 0 spiro atoms. The van der Waals surface area contributed by atoms with Crippen molar-refractivity contribution in [3.8, 4) is 0 Å². The van der Waals surface area contributed by atoms with Crippen LogP contribution in [0, 0.1) is 5.41 Å². The summed E-state index contributed by atoms with van der Waals surface area (Å²) in [7, 11) is 0. The molecule has 0 atom stereocenters. The first-order valence-electron chi connectivity index (χ1n) is 3.37. The number of ketones is 1. The van der Waals surface area contributed by atoms with Gasteiger partial charge in [0, 0.05) is 6.42 Å². The number of carbonyl (C=O) groups is 1. The van der Waals surface area contributed by atoms with E-state index in [1.54, 1.807) is 11.3 Å². The van der Waals surface area contributed by atoms with Crippen LogP contribution < -0.4 is 0 Å². The van der Waals surface area contributed by atoms with Crippen LogP contribution in [0.4, 0.5) is 0 Å².